The fraction of sp³-hybridized carbons (Fsp3) is 0.457. The molecule has 3 aromatic rings. The molecule has 4 aliphatic heterocycles. The van der Waals surface area contributed by atoms with Crippen molar-refractivity contribution in [3.05, 3.63) is 71.4 Å². The summed E-state index contributed by atoms with van der Waals surface area (Å²) in [6.07, 6.45) is 4.49. The van der Waals surface area contributed by atoms with Crippen LogP contribution in [-0.4, -0.2) is 79.7 Å². The minimum Gasteiger partial charge on any atom is -0.475 e. The van der Waals surface area contributed by atoms with Crippen molar-refractivity contribution in [3.63, 3.8) is 0 Å². The number of likely N-dealkylation sites (N-methyl/N-ethyl adjacent to an activating group) is 1. The van der Waals surface area contributed by atoms with Gasteiger partial charge in [0.15, 0.2) is 0 Å². The van der Waals surface area contributed by atoms with E-state index in [1.165, 1.54) is 40.1 Å². The van der Waals surface area contributed by atoms with Gasteiger partial charge in [0.2, 0.25) is 11.8 Å². The van der Waals surface area contributed by atoms with Crippen LogP contribution < -0.4 is 14.5 Å². The lowest BCUT2D eigenvalue weighted by atomic mass is 9.96. The van der Waals surface area contributed by atoms with Crippen molar-refractivity contribution >= 4 is 28.1 Å². The molecule has 0 radical (unpaired) electrons. The summed E-state index contributed by atoms with van der Waals surface area (Å²) in [5.41, 5.74) is 6.24. The van der Waals surface area contributed by atoms with Gasteiger partial charge in [0.1, 0.15) is 18.2 Å². The van der Waals surface area contributed by atoms with Gasteiger partial charge in [-0.25, -0.2) is 4.98 Å². The summed E-state index contributed by atoms with van der Waals surface area (Å²) >= 11 is 0. The molecule has 0 bridgehead atoms. The highest BCUT2D eigenvalue weighted by molar-refractivity contribution is 5.97. The van der Waals surface area contributed by atoms with Gasteiger partial charge in [-0.1, -0.05) is 36.9 Å². The number of carbonyl (C=O) groups is 1. The summed E-state index contributed by atoms with van der Waals surface area (Å²) in [4.78, 5) is 26.5. The highest BCUT2D eigenvalue weighted by atomic mass is 16.5. The zero-order chi connectivity index (χ0) is 29.7. The zero-order valence-corrected chi connectivity index (χ0v) is 25.3. The number of aromatic nitrogens is 1. The third kappa shape index (κ3) is 4.90. The van der Waals surface area contributed by atoms with Gasteiger partial charge in [-0.05, 0) is 62.9 Å². The first-order chi connectivity index (χ1) is 20.9. The van der Waals surface area contributed by atoms with Gasteiger partial charge in [0.25, 0.3) is 0 Å². The molecular weight excluding hydrogens is 536 g/mol. The molecule has 1 amide bonds. The average molecular weight is 577 g/mol. The second-order valence-electron chi connectivity index (χ2n) is 12.8. The highest BCUT2D eigenvalue weighted by Crippen LogP contribution is 2.43. The van der Waals surface area contributed by atoms with E-state index in [-0.39, 0.29) is 5.91 Å². The zero-order valence-electron chi connectivity index (χ0n) is 25.3. The van der Waals surface area contributed by atoms with Crippen molar-refractivity contribution in [2.45, 2.75) is 38.8 Å². The molecule has 0 spiro atoms. The van der Waals surface area contributed by atoms with Gasteiger partial charge >= 0.3 is 0 Å². The Morgan fingerprint density at radius 2 is 1.88 bits per heavy atom. The summed E-state index contributed by atoms with van der Waals surface area (Å²) in [5, 5.41) is 13.1. The van der Waals surface area contributed by atoms with Crippen LogP contribution in [0.3, 0.4) is 0 Å². The summed E-state index contributed by atoms with van der Waals surface area (Å²) in [6.45, 7) is 12.1. The summed E-state index contributed by atoms with van der Waals surface area (Å²) in [6, 6.07) is 15.9. The van der Waals surface area contributed by atoms with Crippen molar-refractivity contribution in [2.24, 2.45) is 11.8 Å². The summed E-state index contributed by atoms with van der Waals surface area (Å²) in [5.74, 6) is 1.24. The lowest BCUT2D eigenvalue weighted by Crippen LogP contribution is -2.36. The van der Waals surface area contributed by atoms with Gasteiger partial charge < -0.3 is 24.3 Å². The van der Waals surface area contributed by atoms with Gasteiger partial charge in [-0.3, -0.25) is 4.79 Å². The Morgan fingerprint density at radius 3 is 2.58 bits per heavy atom. The van der Waals surface area contributed by atoms with Crippen LogP contribution in [0.5, 0.6) is 5.88 Å². The molecule has 222 valence electrons. The standard InChI is InChI=1S/C35H40N6O2/c1-4-32(42)40-17-25-19-41(20-26(25)18-40)34-28-13-15-39(31-12-6-10-24-9-5-8-23(2)33(24)31)21-30(28)37-35(29(34)16-36)43-22-27-11-7-14-38(27)3/h4-6,8-10,12,25-27H,1,7,11,13-15,17-22H2,2-3H3/t25?,26?,27-/m0/s1. The summed E-state index contributed by atoms with van der Waals surface area (Å²) in [7, 11) is 2.14. The first-order valence-corrected chi connectivity index (χ1v) is 15.6. The fourth-order valence-electron chi connectivity index (χ4n) is 7.91. The topological polar surface area (TPSA) is 75.9 Å². The van der Waals surface area contributed by atoms with Crippen LogP contribution in [0.4, 0.5) is 11.4 Å². The highest BCUT2D eigenvalue weighted by Gasteiger charge is 2.43. The number of nitriles is 1. The first-order valence-electron chi connectivity index (χ1n) is 15.6. The Labute approximate surface area is 254 Å². The van der Waals surface area contributed by atoms with E-state index in [9.17, 15) is 10.1 Å². The molecule has 3 atom stereocenters. The van der Waals surface area contributed by atoms with E-state index in [0.29, 0.717) is 42.5 Å². The molecule has 0 aliphatic carbocycles. The summed E-state index contributed by atoms with van der Waals surface area (Å²) < 4.78 is 6.45. The van der Waals surface area contributed by atoms with E-state index in [1.54, 1.807) is 0 Å². The number of aryl methyl sites for hydroxylation is 1. The third-order valence-electron chi connectivity index (χ3n) is 10.2. The van der Waals surface area contributed by atoms with Crippen LogP contribution >= 0.6 is 0 Å². The number of nitrogens with zero attached hydrogens (tertiary/aromatic N) is 6. The Kier molecular flexibility index (Phi) is 7.22. The Hall–Kier alpha value is -4.09. The van der Waals surface area contributed by atoms with Crippen LogP contribution in [0.15, 0.2) is 49.1 Å². The van der Waals surface area contributed by atoms with E-state index in [4.69, 9.17) is 9.72 Å². The van der Waals surface area contributed by atoms with Gasteiger partial charge in [0.05, 0.1) is 17.9 Å². The van der Waals surface area contributed by atoms with Gasteiger partial charge in [-0.2, -0.15) is 5.26 Å². The van der Waals surface area contributed by atoms with E-state index in [2.05, 4.69) is 77.7 Å². The molecular formula is C35H40N6O2. The van der Waals surface area contributed by atoms with Crippen molar-refractivity contribution < 1.29 is 9.53 Å². The largest absolute Gasteiger partial charge is 0.475 e. The Balaban J connectivity index is 1.25. The van der Waals surface area contributed by atoms with E-state index in [1.807, 2.05) is 4.90 Å². The van der Waals surface area contributed by atoms with Gasteiger partial charge in [0, 0.05) is 67.2 Å². The molecule has 2 aromatic carbocycles. The van der Waals surface area contributed by atoms with Crippen molar-refractivity contribution in [1.29, 1.82) is 5.26 Å². The van der Waals surface area contributed by atoms with Crippen molar-refractivity contribution in [3.8, 4) is 11.9 Å². The van der Waals surface area contributed by atoms with Crippen LogP contribution in [0, 0.1) is 30.1 Å². The second kappa shape index (κ2) is 11.2. The van der Waals surface area contributed by atoms with E-state index >= 15 is 0 Å². The molecule has 2 unspecified atom stereocenters. The molecule has 8 heteroatoms. The number of hydrogen-bond acceptors (Lipinski definition) is 7. The molecule has 3 saturated heterocycles. The van der Waals surface area contributed by atoms with E-state index in [0.717, 1.165) is 63.5 Å². The molecule has 8 nitrogen and oxygen atoms in total. The molecule has 7 rings (SSSR count). The lowest BCUT2D eigenvalue weighted by molar-refractivity contribution is -0.125. The Bertz CT molecular complexity index is 1610. The van der Waals surface area contributed by atoms with Crippen LogP contribution in [0.2, 0.25) is 0 Å². The number of anilines is 2. The number of amides is 1. The molecule has 5 heterocycles. The maximum atomic E-state index is 12.3. The number of ether oxygens (including phenoxy) is 1. The molecule has 3 fully saturated rings. The number of fused-ring (bicyclic) bond motifs is 3. The van der Waals surface area contributed by atoms with Crippen molar-refractivity contribution in [2.75, 3.05) is 62.7 Å². The number of pyridine rings is 1. The average Bonchev–Trinajstić information content (AvgIpc) is 3.73. The van der Waals surface area contributed by atoms with Crippen LogP contribution in [-0.2, 0) is 17.8 Å². The molecule has 0 saturated carbocycles. The normalized spacial score (nSPS) is 23.4. The monoisotopic (exact) mass is 576 g/mol. The number of likely N-dealkylation sites (tertiary alicyclic amines) is 2. The molecule has 1 aromatic heterocycles. The van der Waals surface area contributed by atoms with Gasteiger partial charge in [-0.15, -0.1) is 0 Å². The first kappa shape index (κ1) is 27.7. The Morgan fingerprint density at radius 1 is 1.12 bits per heavy atom. The molecule has 0 N–H and O–H groups in total. The SMILES string of the molecule is C=CC(=O)N1CC2CN(c3c(C#N)c(OC[C@@H]4CCCN4C)nc4c3CCN(c3cccc5cccc(C)c35)C4)CC2C1. The van der Waals surface area contributed by atoms with E-state index < -0.39 is 0 Å². The predicted molar refractivity (Wildman–Crippen MR) is 170 cm³/mol. The van der Waals surface area contributed by atoms with Crippen LogP contribution in [0.1, 0.15) is 35.2 Å². The smallest absolute Gasteiger partial charge is 0.245 e. The molecule has 43 heavy (non-hydrogen) atoms. The predicted octanol–water partition coefficient (Wildman–Crippen LogP) is 4.53. The minimum absolute atomic E-state index is 0.0104. The maximum absolute atomic E-state index is 12.3. The minimum atomic E-state index is 0.0104. The fourth-order valence-corrected chi connectivity index (χ4v) is 7.91. The number of rotatable bonds is 6. The second-order valence-corrected chi connectivity index (χ2v) is 12.8. The quantitative estimate of drug-likeness (QED) is 0.399. The van der Waals surface area contributed by atoms with Crippen molar-refractivity contribution in [1.82, 2.24) is 14.8 Å². The maximum Gasteiger partial charge on any atom is 0.245 e. The number of carbonyl (C=O) groups excluding carboxylic acids is 1. The lowest BCUT2D eigenvalue weighted by Gasteiger charge is -2.35. The number of benzene rings is 2. The van der Waals surface area contributed by atoms with Crippen LogP contribution in [0.25, 0.3) is 10.8 Å². The third-order valence-corrected chi connectivity index (χ3v) is 10.2. The number of hydrogen-bond donors (Lipinski definition) is 0. The molecule has 4 aliphatic rings.